The summed E-state index contributed by atoms with van der Waals surface area (Å²) in [4.78, 5) is 0. The van der Waals surface area contributed by atoms with Crippen LogP contribution in [0.25, 0.3) is 0 Å². The van der Waals surface area contributed by atoms with Gasteiger partial charge in [0.2, 0.25) is 0 Å². The monoisotopic (exact) mass is 273 g/mol. The van der Waals surface area contributed by atoms with E-state index in [1.165, 1.54) is 31.2 Å². The van der Waals surface area contributed by atoms with Gasteiger partial charge in [-0.25, -0.2) is 0 Å². The summed E-state index contributed by atoms with van der Waals surface area (Å²) in [5.41, 5.74) is 1.35. The van der Waals surface area contributed by atoms with E-state index >= 15 is 0 Å². The third-order valence-corrected chi connectivity index (χ3v) is 5.04. The van der Waals surface area contributed by atoms with Crippen molar-refractivity contribution in [3.63, 3.8) is 0 Å². The van der Waals surface area contributed by atoms with Gasteiger partial charge in [-0.2, -0.15) is 0 Å². The maximum Gasteiger partial charge on any atom is 0.124 e. The average molecular weight is 273 g/mol. The molecule has 3 atom stereocenters. The Morgan fingerprint density at radius 2 is 1.75 bits per heavy atom. The van der Waals surface area contributed by atoms with E-state index < -0.39 is 0 Å². The lowest BCUT2D eigenvalue weighted by atomic mass is 9.99. The molecule has 0 aromatic heterocycles. The molecule has 0 bridgehead atoms. The van der Waals surface area contributed by atoms with Gasteiger partial charge >= 0.3 is 0 Å². The third kappa shape index (κ3) is 2.58. The van der Waals surface area contributed by atoms with E-state index in [1.807, 2.05) is 0 Å². The Hall–Kier alpha value is -1.02. The van der Waals surface area contributed by atoms with Crippen molar-refractivity contribution < 1.29 is 4.74 Å². The summed E-state index contributed by atoms with van der Waals surface area (Å²) in [6.07, 6.45) is 5.95. The van der Waals surface area contributed by atoms with Crippen LogP contribution in [0.15, 0.2) is 24.3 Å². The Balaban J connectivity index is 1.83. The molecule has 3 unspecified atom stereocenters. The Morgan fingerprint density at radius 3 is 2.35 bits per heavy atom. The number of para-hydroxylation sites is 1. The van der Waals surface area contributed by atoms with Gasteiger partial charge in [0.05, 0.1) is 6.10 Å². The Labute approximate surface area is 122 Å². The fraction of sp³-hybridized carbons (Fsp3) is 0.667. The molecule has 2 saturated carbocycles. The second-order valence-electron chi connectivity index (χ2n) is 6.66. The van der Waals surface area contributed by atoms with E-state index in [1.54, 1.807) is 0 Å². The molecule has 0 radical (unpaired) electrons. The van der Waals surface area contributed by atoms with Gasteiger partial charge in [-0.1, -0.05) is 31.0 Å². The molecule has 110 valence electrons. The first-order valence-corrected chi connectivity index (χ1v) is 8.15. The molecule has 2 aliphatic rings. The molecule has 2 aliphatic carbocycles. The standard InChI is InChI=1S/C18H27NO/c1-12(2)20-16-11-7-6-10-15(16)18(19-3)17-13-8-4-5-9-14(13)17/h6-7,10-14,17-19H,4-5,8-9H2,1-3H3. The molecule has 0 saturated heterocycles. The van der Waals surface area contributed by atoms with Crippen molar-refractivity contribution >= 4 is 0 Å². The minimum Gasteiger partial charge on any atom is -0.491 e. The number of benzene rings is 1. The van der Waals surface area contributed by atoms with Crippen molar-refractivity contribution in [2.45, 2.75) is 51.7 Å². The lowest BCUT2D eigenvalue weighted by Crippen LogP contribution is -2.21. The zero-order valence-electron chi connectivity index (χ0n) is 12.9. The molecule has 3 rings (SSSR count). The molecule has 0 heterocycles. The van der Waals surface area contributed by atoms with Crippen LogP contribution in [0, 0.1) is 17.8 Å². The number of rotatable bonds is 5. The molecule has 0 aliphatic heterocycles. The lowest BCUT2D eigenvalue weighted by Gasteiger charge is -2.22. The Kier molecular flexibility index (Phi) is 4.02. The van der Waals surface area contributed by atoms with E-state index in [0.29, 0.717) is 6.04 Å². The minimum atomic E-state index is 0.232. The summed E-state index contributed by atoms with van der Waals surface area (Å²) in [6, 6.07) is 9.03. The van der Waals surface area contributed by atoms with Crippen LogP contribution in [-0.4, -0.2) is 13.2 Å². The predicted octanol–water partition coefficient (Wildman–Crippen LogP) is 4.17. The van der Waals surface area contributed by atoms with E-state index in [2.05, 4.69) is 50.5 Å². The smallest absolute Gasteiger partial charge is 0.124 e. The largest absolute Gasteiger partial charge is 0.491 e. The SMILES string of the molecule is CNC(c1ccccc1OC(C)C)C1C2CCCCC21. The number of fused-ring (bicyclic) bond motifs is 1. The summed E-state index contributed by atoms with van der Waals surface area (Å²) in [6.45, 7) is 4.20. The maximum atomic E-state index is 6.02. The fourth-order valence-corrected chi connectivity index (χ4v) is 4.20. The first-order chi connectivity index (χ1) is 9.72. The topological polar surface area (TPSA) is 21.3 Å². The molecule has 0 amide bonds. The highest BCUT2D eigenvalue weighted by Crippen LogP contribution is 2.60. The summed E-state index contributed by atoms with van der Waals surface area (Å²) in [5.74, 6) is 3.78. The van der Waals surface area contributed by atoms with Gasteiger partial charge in [0.15, 0.2) is 0 Å². The van der Waals surface area contributed by atoms with Gasteiger partial charge in [-0.05, 0) is 57.6 Å². The number of ether oxygens (including phenoxy) is 1. The second kappa shape index (κ2) is 5.77. The van der Waals surface area contributed by atoms with Crippen LogP contribution in [0.5, 0.6) is 5.75 Å². The number of nitrogens with one attached hydrogen (secondary N) is 1. The lowest BCUT2D eigenvalue weighted by molar-refractivity contribution is 0.236. The van der Waals surface area contributed by atoms with Crippen molar-refractivity contribution in [2.75, 3.05) is 7.05 Å². The summed E-state index contributed by atoms with van der Waals surface area (Å²) in [7, 11) is 2.10. The molecular weight excluding hydrogens is 246 g/mol. The predicted molar refractivity (Wildman–Crippen MR) is 82.9 cm³/mol. The van der Waals surface area contributed by atoms with Crippen molar-refractivity contribution in [3.8, 4) is 5.75 Å². The van der Waals surface area contributed by atoms with E-state index in [0.717, 1.165) is 23.5 Å². The van der Waals surface area contributed by atoms with Crippen molar-refractivity contribution in [3.05, 3.63) is 29.8 Å². The number of hydrogen-bond donors (Lipinski definition) is 1. The molecule has 1 aromatic carbocycles. The van der Waals surface area contributed by atoms with E-state index in [9.17, 15) is 0 Å². The quantitative estimate of drug-likeness (QED) is 0.869. The average Bonchev–Trinajstić information content (AvgIpc) is 3.16. The highest BCUT2D eigenvalue weighted by molar-refractivity contribution is 5.38. The molecular formula is C18H27NO. The van der Waals surface area contributed by atoms with Crippen LogP contribution in [0.4, 0.5) is 0 Å². The normalized spacial score (nSPS) is 29.9. The fourth-order valence-electron chi connectivity index (χ4n) is 4.20. The van der Waals surface area contributed by atoms with Gasteiger partial charge < -0.3 is 10.1 Å². The molecule has 0 spiro atoms. The third-order valence-electron chi connectivity index (χ3n) is 5.04. The molecule has 2 fully saturated rings. The van der Waals surface area contributed by atoms with Crippen LogP contribution >= 0.6 is 0 Å². The Morgan fingerprint density at radius 1 is 1.10 bits per heavy atom. The minimum absolute atomic E-state index is 0.232. The summed E-state index contributed by atoms with van der Waals surface area (Å²) < 4.78 is 6.02. The Bertz CT molecular complexity index is 444. The number of hydrogen-bond acceptors (Lipinski definition) is 2. The first-order valence-electron chi connectivity index (χ1n) is 8.15. The van der Waals surface area contributed by atoms with Crippen LogP contribution in [0.1, 0.15) is 51.1 Å². The van der Waals surface area contributed by atoms with E-state index in [4.69, 9.17) is 4.74 Å². The molecule has 2 nitrogen and oxygen atoms in total. The van der Waals surface area contributed by atoms with Gasteiger partial charge in [-0.3, -0.25) is 0 Å². The summed E-state index contributed by atoms with van der Waals surface area (Å²) >= 11 is 0. The van der Waals surface area contributed by atoms with Gasteiger partial charge in [0, 0.05) is 11.6 Å². The molecule has 2 heteroatoms. The molecule has 20 heavy (non-hydrogen) atoms. The van der Waals surface area contributed by atoms with Crippen LogP contribution in [0.2, 0.25) is 0 Å². The zero-order valence-corrected chi connectivity index (χ0v) is 12.9. The maximum absolute atomic E-state index is 6.02. The zero-order chi connectivity index (χ0) is 14.1. The van der Waals surface area contributed by atoms with Gasteiger partial charge in [0.25, 0.3) is 0 Å². The van der Waals surface area contributed by atoms with Crippen LogP contribution < -0.4 is 10.1 Å². The molecule has 1 N–H and O–H groups in total. The van der Waals surface area contributed by atoms with Crippen molar-refractivity contribution in [2.24, 2.45) is 17.8 Å². The van der Waals surface area contributed by atoms with Crippen molar-refractivity contribution in [1.29, 1.82) is 0 Å². The highest BCUT2D eigenvalue weighted by atomic mass is 16.5. The first kappa shape index (κ1) is 13.9. The van der Waals surface area contributed by atoms with Crippen LogP contribution in [-0.2, 0) is 0 Å². The summed E-state index contributed by atoms with van der Waals surface area (Å²) in [5, 5.41) is 3.57. The van der Waals surface area contributed by atoms with Gasteiger partial charge in [-0.15, -0.1) is 0 Å². The van der Waals surface area contributed by atoms with Gasteiger partial charge in [0.1, 0.15) is 5.75 Å². The second-order valence-corrected chi connectivity index (χ2v) is 6.66. The highest BCUT2D eigenvalue weighted by Gasteiger charge is 2.54. The van der Waals surface area contributed by atoms with Crippen molar-refractivity contribution in [1.82, 2.24) is 5.32 Å². The molecule has 1 aromatic rings. The van der Waals surface area contributed by atoms with Crippen LogP contribution in [0.3, 0.4) is 0 Å². The van der Waals surface area contributed by atoms with E-state index in [-0.39, 0.29) is 6.10 Å².